The largest absolute Gasteiger partial charge is 0.481 e. The van der Waals surface area contributed by atoms with Crippen LogP contribution in [0.25, 0.3) is 0 Å². The van der Waals surface area contributed by atoms with Gasteiger partial charge in [-0.3, -0.25) is 5.43 Å². The number of alkyl halides is 3. The highest BCUT2D eigenvalue weighted by Crippen LogP contribution is 2.33. The van der Waals surface area contributed by atoms with Crippen molar-refractivity contribution in [3.63, 3.8) is 0 Å². The molecule has 0 atom stereocenters. The second-order valence-electron chi connectivity index (χ2n) is 5.24. The number of carboxylic acid groups (broad SMARTS) is 1. The van der Waals surface area contributed by atoms with Crippen molar-refractivity contribution in [3.05, 3.63) is 58.6 Å². The van der Waals surface area contributed by atoms with Crippen LogP contribution in [0.5, 0.6) is 5.75 Å². The molecule has 0 aliphatic rings. The van der Waals surface area contributed by atoms with E-state index in [1.165, 1.54) is 6.21 Å². The Kier molecular flexibility index (Phi) is 7.18. The number of nitrogens with one attached hydrogen (secondary N) is 2. The molecule has 0 radical (unpaired) electrons. The average Bonchev–Trinajstić information content (AvgIpc) is 2.61. The first kappa shape index (κ1) is 21.5. The first-order valence-corrected chi connectivity index (χ1v) is 8.36. The third-order valence-corrected chi connectivity index (χ3v) is 3.70. The number of halogens is 4. The number of benzene rings is 2. The number of rotatable bonds is 6. The van der Waals surface area contributed by atoms with Crippen molar-refractivity contribution in [2.45, 2.75) is 6.18 Å². The van der Waals surface area contributed by atoms with Crippen LogP contribution in [-0.4, -0.2) is 29.0 Å². The summed E-state index contributed by atoms with van der Waals surface area (Å²) in [5, 5.41) is 15.0. The Balaban J connectivity index is 2.03. The summed E-state index contributed by atoms with van der Waals surface area (Å²) in [6.07, 6.45) is -3.20. The molecule has 0 aliphatic heterocycles. The molecular weight excluding hydrogens is 419 g/mol. The highest BCUT2D eigenvalue weighted by Gasteiger charge is 2.31. The van der Waals surface area contributed by atoms with Gasteiger partial charge in [-0.05, 0) is 42.5 Å². The molecule has 0 aliphatic carbocycles. The first-order valence-electron chi connectivity index (χ1n) is 7.57. The van der Waals surface area contributed by atoms with Crippen molar-refractivity contribution >= 4 is 46.8 Å². The number of ether oxygens (including phenoxy) is 1. The molecule has 0 aromatic heterocycles. The van der Waals surface area contributed by atoms with E-state index in [0.717, 1.165) is 18.2 Å². The Labute approximate surface area is 168 Å². The molecule has 2 aromatic rings. The van der Waals surface area contributed by atoms with E-state index in [2.05, 4.69) is 15.8 Å². The molecule has 0 saturated heterocycles. The SMILES string of the molecule is O=C(O)COc1ccccc1/C=N/NC(=S)Nc1cc(C(F)(F)F)ccc1Cl. The van der Waals surface area contributed by atoms with E-state index in [1.54, 1.807) is 24.3 Å². The van der Waals surface area contributed by atoms with E-state index >= 15 is 0 Å². The van der Waals surface area contributed by atoms with Crippen LogP contribution in [0.15, 0.2) is 47.6 Å². The minimum atomic E-state index is -4.52. The van der Waals surface area contributed by atoms with Gasteiger partial charge in [0.15, 0.2) is 11.7 Å². The lowest BCUT2D eigenvalue weighted by Crippen LogP contribution is -2.24. The topological polar surface area (TPSA) is 83.0 Å². The van der Waals surface area contributed by atoms with E-state index in [4.69, 9.17) is 33.7 Å². The molecule has 3 N–H and O–H groups in total. The predicted molar refractivity (Wildman–Crippen MR) is 103 cm³/mol. The maximum Gasteiger partial charge on any atom is 0.416 e. The summed E-state index contributed by atoms with van der Waals surface area (Å²) in [7, 11) is 0. The van der Waals surface area contributed by atoms with Gasteiger partial charge in [-0.1, -0.05) is 23.7 Å². The minimum absolute atomic E-state index is 0.0330. The molecule has 0 fully saturated rings. The summed E-state index contributed by atoms with van der Waals surface area (Å²) in [4.78, 5) is 10.6. The quantitative estimate of drug-likeness (QED) is 0.362. The van der Waals surface area contributed by atoms with Gasteiger partial charge in [0.1, 0.15) is 5.75 Å². The van der Waals surface area contributed by atoms with Gasteiger partial charge < -0.3 is 15.2 Å². The van der Waals surface area contributed by atoms with Crippen LogP contribution in [0, 0.1) is 0 Å². The van der Waals surface area contributed by atoms with Crippen LogP contribution >= 0.6 is 23.8 Å². The lowest BCUT2D eigenvalue weighted by molar-refractivity contribution is -0.139. The Morgan fingerprint density at radius 3 is 2.68 bits per heavy atom. The molecule has 0 amide bonds. The zero-order valence-electron chi connectivity index (χ0n) is 14.0. The second kappa shape index (κ2) is 9.38. The lowest BCUT2D eigenvalue weighted by Gasteiger charge is -2.12. The molecule has 0 unspecified atom stereocenters. The molecule has 0 heterocycles. The normalized spacial score (nSPS) is 11.3. The number of thiocarbonyl (C=S) groups is 1. The van der Waals surface area contributed by atoms with Crippen LogP contribution in [0.1, 0.15) is 11.1 Å². The number of hydrazone groups is 1. The van der Waals surface area contributed by atoms with Gasteiger partial charge in [0.05, 0.1) is 22.5 Å². The molecule has 0 saturated carbocycles. The number of anilines is 1. The number of aliphatic carboxylic acids is 1. The van der Waals surface area contributed by atoms with E-state index < -0.39 is 24.3 Å². The summed E-state index contributed by atoms with van der Waals surface area (Å²) in [6.45, 7) is -0.522. The van der Waals surface area contributed by atoms with Crippen molar-refractivity contribution in [1.82, 2.24) is 5.43 Å². The summed E-state index contributed by atoms with van der Waals surface area (Å²) >= 11 is 10.9. The zero-order valence-corrected chi connectivity index (χ0v) is 15.5. The maximum atomic E-state index is 12.8. The fourth-order valence-corrected chi connectivity index (χ4v) is 2.29. The first-order chi connectivity index (χ1) is 13.2. The molecule has 0 bridgehead atoms. The van der Waals surface area contributed by atoms with Crippen LogP contribution in [-0.2, 0) is 11.0 Å². The smallest absolute Gasteiger partial charge is 0.416 e. The molecule has 28 heavy (non-hydrogen) atoms. The number of hydrogen-bond acceptors (Lipinski definition) is 4. The van der Waals surface area contributed by atoms with E-state index in [-0.39, 0.29) is 21.6 Å². The zero-order chi connectivity index (χ0) is 20.7. The number of nitrogens with zero attached hydrogens (tertiary/aromatic N) is 1. The summed E-state index contributed by atoms with van der Waals surface area (Å²) in [5.41, 5.74) is 1.99. The second-order valence-corrected chi connectivity index (χ2v) is 6.05. The Hall–Kier alpha value is -2.85. The predicted octanol–water partition coefficient (Wildman–Crippen LogP) is 4.14. The molecule has 2 rings (SSSR count). The number of carboxylic acids is 1. The Morgan fingerprint density at radius 1 is 1.29 bits per heavy atom. The highest BCUT2D eigenvalue weighted by atomic mass is 35.5. The lowest BCUT2D eigenvalue weighted by atomic mass is 10.2. The molecule has 0 spiro atoms. The number of hydrogen-bond donors (Lipinski definition) is 3. The van der Waals surface area contributed by atoms with Gasteiger partial charge in [-0.15, -0.1) is 0 Å². The van der Waals surface area contributed by atoms with E-state index in [0.29, 0.717) is 5.56 Å². The van der Waals surface area contributed by atoms with Gasteiger partial charge in [0.2, 0.25) is 0 Å². The van der Waals surface area contributed by atoms with Crippen LogP contribution in [0.4, 0.5) is 18.9 Å². The van der Waals surface area contributed by atoms with Crippen molar-refractivity contribution < 1.29 is 27.8 Å². The third-order valence-electron chi connectivity index (χ3n) is 3.18. The van der Waals surface area contributed by atoms with Crippen LogP contribution in [0.2, 0.25) is 5.02 Å². The number of para-hydroxylation sites is 1. The molecule has 6 nitrogen and oxygen atoms in total. The summed E-state index contributed by atoms with van der Waals surface area (Å²) in [5.74, 6) is -0.844. The van der Waals surface area contributed by atoms with Gasteiger partial charge in [0, 0.05) is 5.56 Å². The maximum absolute atomic E-state index is 12.8. The van der Waals surface area contributed by atoms with Crippen LogP contribution in [0.3, 0.4) is 0 Å². The van der Waals surface area contributed by atoms with Crippen molar-refractivity contribution in [3.8, 4) is 5.75 Å². The highest BCUT2D eigenvalue weighted by molar-refractivity contribution is 7.80. The van der Waals surface area contributed by atoms with Gasteiger partial charge in [0.25, 0.3) is 0 Å². The third kappa shape index (κ3) is 6.39. The summed E-state index contributed by atoms with van der Waals surface area (Å²) in [6, 6.07) is 9.32. The molecule has 2 aromatic carbocycles. The summed E-state index contributed by atoms with van der Waals surface area (Å²) < 4.78 is 43.5. The molecule has 11 heteroatoms. The van der Waals surface area contributed by atoms with E-state index in [9.17, 15) is 18.0 Å². The van der Waals surface area contributed by atoms with Crippen molar-refractivity contribution in [2.75, 3.05) is 11.9 Å². The van der Waals surface area contributed by atoms with Crippen LogP contribution < -0.4 is 15.5 Å². The minimum Gasteiger partial charge on any atom is -0.481 e. The fourth-order valence-electron chi connectivity index (χ4n) is 1.97. The van der Waals surface area contributed by atoms with Gasteiger partial charge in [-0.2, -0.15) is 18.3 Å². The van der Waals surface area contributed by atoms with Crippen molar-refractivity contribution in [1.29, 1.82) is 0 Å². The number of carbonyl (C=O) groups is 1. The standard InChI is InChI=1S/C17H13ClF3N3O3S/c18-12-6-5-11(17(19,20)21)7-13(12)23-16(28)24-22-8-10-3-1-2-4-14(10)27-9-15(25)26/h1-8H,9H2,(H,25,26)(H2,23,24,28)/b22-8+. The fraction of sp³-hybridized carbons (Fsp3) is 0.118. The molecule has 148 valence electrons. The monoisotopic (exact) mass is 431 g/mol. The van der Waals surface area contributed by atoms with Crippen molar-refractivity contribution in [2.24, 2.45) is 5.10 Å². The molecular formula is C17H13ClF3N3O3S. The average molecular weight is 432 g/mol. The van der Waals surface area contributed by atoms with Gasteiger partial charge >= 0.3 is 12.1 Å². The van der Waals surface area contributed by atoms with Gasteiger partial charge in [-0.25, -0.2) is 4.79 Å². The van der Waals surface area contributed by atoms with E-state index in [1.807, 2.05) is 0 Å². The Morgan fingerprint density at radius 2 is 2.00 bits per heavy atom. The Bertz CT molecular complexity index is 907.